The molecule has 0 bridgehead atoms. The van der Waals surface area contributed by atoms with Crippen molar-refractivity contribution in [1.29, 1.82) is 0 Å². The van der Waals surface area contributed by atoms with Gasteiger partial charge in [0.05, 0.1) is 19.0 Å². The summed E-state index contributed by atoms with van der Waals surface area (Å²) in [5.41, 5.74) is 2.57. The second-order valence-electron chi connectivity index (χ2n) is 4.38. The topological polar surface area (TPSA) is 79.8 Å². The van der Waals surface area contributed by atoms with Crippen LogP contribution in [-0.4, -0.2) is 25.1 Å². The summed E-state index contributed by atoms with van der Waals surface area (Å²) in [6.45, 7) is 0. The zero-order chi connectivity index (χ0) is 16.7. The van der Waals surface area contributed by atoms with Crippen LogP contribution >= 0.6 is 0 Å². The quantitative estimate of drug-likeness (QED) is 0.514. The highest BCUT2D eigenvalue weighted by atomic mass is 19.1. The summed E-state index contributed by atoms with van der Waals surface area (Å²) in [5, 5.41) is 5.95. The largest absolute Gasteiger partial charge is 0.495 e. The first-order valence-corrected chi connectivity index (χ1v) is 6.63. The molecule has 0 aliphatic carbocycles. The Morgan fingerprint density at radius 3 is 2.52 bits per heavy atom. The van der Waals surface area contributed by atoms with Gasteiger partial charge in [-0.3, -0.25) is 9.59 Å². The number of hydrogen-bond donors (Lipinski definition) is 2. The van der Waals surface area contributed by atoms with Crippen molar-refractivity contribution in [2.75, 3.05) is 12.4 Å². The molecule has 6 nitrogen and oxygen atoms in total. The third-order valence-corrected chi connectivity index (χ3v) is 2.84. The van der Waals surface area contributed by atoms with E-state index in [1.54, 1.807) is 30.3 Å². The molecule has 0 aliphatic rings. The fourth-order valence-electron chi connectivity index (χ4n) is 1.72. The van der Waals surface area contributed by atoms with E-state index < -0.39 is 17.6 Å². The highest BCUT2D eigenvalue weighted by molar-refractivity contribution is 6.39. The number of hydrazone groups is 1. The Balaban J connectivity index is 1.95. The second-order valence-corrected chi connectivity index (χ2v) is 4.38. The molecule has 2 aromatic carbocycles. The van der Waals surface area contributed by atoms with Crippen LogP contribution in [0.3, 0.4) is 0 Å². The fraction of sp³-hybridized carbons (Fsp3) is 0.0625. The molecule has 0 aromatic heterocycles. The fourth-order valence-corrected chi connectivity index (χ4v) is 1.72. The minimum Gasteiger partial charge on any atom is -0.495 e. The zero-order valence-corrected chi connectivity index (χ0v) is 12.2. The SMILES string of the molecule is COc1ccccc1NC(=O)C(=O)N/N=C\c1ccccc1F. The number of ether oxygens (including phenoxy) is 1. The maximum atomic E-state index is 13.3. The number of halogens is 1. The van der Waals surface area contributed by atoms with E-state index in [0.717, 1.165) is 6.21 Å². The first kappa shape index (κ1) is 16.2. The van der Waals surface area contributed by atoms with Crippen molar-refractivity contribution in [3.8, 4) is 5.75 Å². The van der Waals surface area contributed by atoms with Gasteiger partial charge in [0.25, 0.3) is 0 Å². The molecule has 0 radical (unpaired) electrons. The molecule has 7 heteroatoms. The van der Waals surface area contributed by atoms with Crippen LogP contribution in [0.2, 0.25) is 0 Å². The number of nitrogens with zero attached hydrogens (tertiary/aromatic N) is 1. The minimum atomic E-state index is -0.983. The van der Waals surface area contributed by atoms with Crippen LogP contribution in [0.25, 0.3) is 0 Å². The van der Waals surface area contributed by atoms with Crippen LogP contribution in [-0.2, 0) is 9.59 Å². The second kappa shape index (κ2) is 7.69. The van der Waals surface area contributed by atoms with E-state index >= 15 is 0 Å². The van der Waals surface area contributed by atoms with Gasteiger partial charge >= 0.3 is 11.8 Å². The van der Waals surface area contributed by atoms with Crippen molar-refractivity contribution in [1.82, 2.24) is 5.43 Å². The van der Waals surface area contributed by atoms with Gasteiger partial charge in [0.1, 0.15) is 11.6 Å². The van der Waals surface area contributed by atoms with E-state index in [0.29, 0.717) is 11.4 Å². The first-order chi connectivity index (χ1) is 11.1. The smallest absolute Gasteiger partial charge is 0.329 e. The average molecular weight is 315 g/mol. The van der Waals surface area contributed by atoms with Gasteiger partial charge in [0.15, 0.2) is 0 Å². The predicted molar refractivity (Wildman–Crippen MR) is 83.8 cm³/mol. The third-order valence-electron chi connectivity index (χ3n) is 2.84. The number of anilines is 1. The van der Waals surface area contributed by atoms with Crippen LogP contribution in [0.5, 0.6) is 5.75 Å². The summed E-state index contributed by atoms with van der Waals surface area (Å²) in [6.07, 6.45) is 1.11. The van der Waals surface area contributed by atoms with Crippen molar-refractivity contribution in [3.63, 3.8) is 0 Å². The average Bonchev–Trinajstić information content (AvgIpc) is 2.57. The highest BCUT2D eigenvalue weighted by Gasteiger charge is 2.14. The van der Waals surface area contributed by atoms with Crippen LogP contribution < -0.4 is 15.5 Å². The number of nitrogens with one attached hydrogen (secondary N) is 2. The number of para-hydroxylation sites is 2. The maximum Gasteiger partial charge on any atom is 0.329 e. The van der Waals surface area contributed by atoms with Gasteiger partial charge < -0.3 is 10.1 Å². The summed E-state index contributed by atoms with van der Waals surface area (Å²) >= 11 is 0. The molecular formula is C16H14FN3O3. The maximum absolute atomic E-state index is 13.3. The van der Waals surface area contributed by atoms with E-state index in [9.17, 15) is 14.0 Å². The number of carbonyl (C=O) groups excluding carboxylic acids is 2. The number of benzene rings is 2. The molecule has 0 saturated carbocycles. The lowest BCUT2D eigenvalue weighted by Crippen LogP contribution is -2.32. The summed E-state index contributed by atoms with van der Waals surface area (Å²) in [4.78, 5) is 23.4. The Bertz CT molecular complexity index is 747. The standard InChI is InChI=1S/C16H14FN3O3/c1-23-14-9-5-4-8-13(14)19-15(21)16(22)20-18-10-11-6-2-3-7-12(11)17/h2-10H,1H3,(H,19,21)(H,20,22)/b18-10-. The van der Waals surface area contributed by atoms with Gasteiger partial charge in [0, 0.05) is 5.56 Å². The Kier molecular flexibility index (Phi) is 5.40. The van der Waals surface area contributed by atoms with Crippen molar-refractivity contribution < 1.29 is 18.7 Å². The zero-order valence-electron chi connectivity index (χ0n) is 12.2. The van der Waals surface area contributed by atoms with Gasteiger partial charge in [-0.05, 0) is 18.2 Å². The Morgan fingerprint density at radius 2 is 1.78 bits per heavy atom. The van der Waals surface area contributed by atoms with Crippen LogP contribution in [0, 0.1) is 5.82 Å². The van der Waals surface area contributed by atoms with E-state index in [-0.39, 0.29) is 5.56 Å². The Morgan fingerprint density at radius 1 is 1.09 bits per heavy atom. The van der Waals surface area contributed by atoms with Crippen LogP contribution in [0.15, 0.2) is 53.6 Å². The van der Waals surface area contributed by atoms with Crippen molar-refractivity contribution in [3.05, 3.63) is 59.9 Å². The van der Waals surface area contributed by atoms with Crippen LogP contribution in [0.4, 0.5) is 10.1 Å². The van der Waals surface area contributed by atoms with Crippen molar-refractivity contribution in [2.24, 2.45) is 5.10 Å². The lowest BCUT2D eigenvalue weighted by atomic mass is 10.2. The Labute approximate surface area is 132 Å². The monoisotopic (exact) mass is 315 g/mol. The number of hydrogen-bond acceptors (Lipinski definition) is 4. The lowest BCUT2D eigenvalue weighted by Gasteiger charge is -2.08. The number of carbonyl (C=O) groups is 2. The van der Waals surface area contributed by atoms with Gasteiger partial charge in [-0.1, -0.05) is 30.3 Å². The normalized spacial score (nSPS) is 10.3. The molecule has 2 rings (SSSR count). The molecule has 0 unspecified atom stereocenters. The predicted octanol–water partition coefficient (Wildman–Crippen LogP) is 1.92. The molecule has 0 fully saturated rings. The molecule has 0 atom stereocenters. The van der Waals surface area contributed by atoms with E-state index in [4.69, 9.17) is 4.74 Å². The molecule has 0 spiro atoms. The summed E-state index contributed by atoms with van der Waals surface area (Å²) in [6, 6.07) is 12.6. The first-order valence-electron chi connectivity index (χ1n) is 6.63. The number of methoxy groups -OCH3 is 1. The molecule has 118 valence electrons. The summed E-state index contributed by atoms with van der Waals surface area (Å²) in [7, 11) is 1.45. The summed E-state index contributed by atoms with van der Waals surface area (Å²) in [5.74, 6) is -1.96. The highest BCUT2D eigenvalue weighted by Crippen LogP contribution is 2.22. The van der Waals surface area contributed by atoms with Crippen molar-refractivity contribution >= 4 is 23.7 Å². The molecule has 2 N–H and O–H groups in total. The number of amides is 2. The molecule has 0 aliphatic heterocycles. The third kappa shape index (κ3) is 4.37. The van der Waals surface area contributed by atoms with Gasteiger partial charge in [-0.2, -0.15) is 5.10 Å². The molecule has 0 saturated heterocycles. The molecule has 23 heavy (non-hydrogen) atoms. The van der Waals surface area contributed by atoms with Gasteiger partial charge in [-0.25, -0.2) is 9.82 Å². The molecule has 0 heterocycles. The van der Waals surface area contributed by atoms with Gasteiger partial charge in [0.2, 0.25) is 0 Å². The minimum absolute atomic E-state index is 0.193. The summed E-state index contributed by atoms with van der Waals surface area (Å²) < 4.78 is 18.4. The Hall–Kier alpha value is -3.22. The molecular weight excluding hydrogens is 301 g/mol. The molecule has 2 amide bonds. The van der Waals surface area contributed by atoms with E-state index in [1.165, 1.54) is 25.3 Å². The number of rotatable bonds is 4. The molecule has 2 aromatic rings. The van der Waals surface area contributed by atoms with Crippen LogP contribution in [0.1, 0.15) is 5.56 Å². The van der Waals surface area contributed by atoms with Crippen molar-refractivity contribution in [2.45, 2.75) is 0 Å². The van der Waals surface area contributed by atoms with Gasteiger partial charge in [-0.15, -0.1) is 0 Å². The lowest BCUT2D eigenvalue weighted by molar-refractivity contribution is -0.136. The van der Waals surface area contributed by atoms with E-state index in [1.807, 2.05) is 5.43 Å². The van der Waals surface area contributed by atoms with E-state index in [2.05, 4.69) is 10.4 Å².